The number of halogens is 1. The van der Waals surface area contributed by atoms with Gasteiger partial charge in [0, 0.05) is 5.02 Å². The maximum atomic E-state index is 8.92. The van der Waals surface area contributed by atoms with E-state index in [0.29, 0.717) is 0 Å². The van der Waals surface area contributed by atoms with E-state index in [1.54, 1.807) is 0 Å². The fraction of sp³-hybridized carbons (Fsp3) is 0.333. The number of benzene rings is 1. The van der Waals surface area contributed by atoms with Crippen LogP contribution >= 0.6 is 11.6 Å². The molecule has 1 nitrogen and oxygen atoms in total. The first-order valence-electron chi connectivity index (χ1n) is 3.66. The van der Waals surface area contributed by atoms with Crippen molar-refractivity contribution in [1.82, 2.24) is 0 Å². The van der Waals surface area contributed by atoms with Crippen LogP contribution in [-0.4, -0.2) is 5.11 Å². The molecule has 0 unspecified atom stereocenters. The Morgan fingerprint density at radius 2 is 2.18 bits per heavy atom. The van der Waals surface area contributed by atoms with Gasteiger partial charge in [0.2, 0.25) is 0 Å². The molecular formula is C9H11ClO. The van der Waals surface area contributed by atoms with Crippen molar-refractivity contribution in [3.63, 3.8) is 0 Å². The zero-order chi connectivity index (χ0) is 8.27. The first-order valence-corrected chi connectivity index (χ1v) is 4.04. The minimum absolute atomic E-state index is 0.0731. The van der Waals surface area contributed by atoms with Crippen LogP contribution in [0.3, 0.4) is 0 Å². The van der Waals surface area contributed by atoms with Crippen LogP contribution in [0, 0.1) is 0 Å². The molecule has 0 saturated heterocycles. The summed E-state index contributed by atoms with van der Waals surface area (Å²) in [6.45, 7) is 2.10. The summed E-state index contributed by atoms with van der Waals surface area (Å²) >= 11 is 5.90. The van der Waals surface area contributed by atoms with Gasteiger partial charge in [-0.3, -0.25) is 0 Å². The van der Waals surface area contributed by atoms with E-state index in [0.717, 1.165) is 22.6 Å². The molecule has 60 valence electrons. The van der Waals surface area contributed by atoms with Crippen molar-refractivity contribution in [2.45, 2.75) is 20.0 Å². The molecule has 11 heavy (non-hydrogen) atoms. The lowest BCUT2D eigenvalue weighted by Crippen LogP contribution is -1.92. The van der Waals surface area contributed by atoms with Gasteiger partial charge in [-0.25, -0.2) is 0 Å². The van der Waals surface area contributed by atoms with Crippen LogP contribution in [0.5, 0.6) is 0 Å². The monoisotopic (exact) mass is 170 g/mol. The van der Waals surface area contributed by atoms with Crippen molar-refractivity contribution in [2.24, 2.45) is 0 Å². The lowest BCUT2D eigenvalue weighted by atomic mass is 10.1. The molecule has 0 spiro atoms. The molecular weight excluding hydrogens is 160 g/mol. The van der Waals surface area contributed by atoms with Gasteiger partial charge in [0.25, 0.3) is 0 Å². The molecule has 0 aliphatic carbocycles. The van der Waals surface area contributed by atoms with Crippen LogP contribution in [0.2, 0.25) is 5.02 Å². The third-order valence-corrected chi connectivity index (χ3v) is 2.09. The van der Waals surface area contributed by atoms with Crippen LogP contribution in [-0.2, 0) is 13.0 Å². The van der Waals surface area contributed by atoms with Crippen molar-refractivity contribution < 1.29 is 5.11 Å². The van der Waals surface area contributed by atoms with E-state index in [-0.39, 0.29) is 6.61 Å². The first-order chi connectivity index (χ1) is 5.29. The second kappa shape index (κ2) is 3.74. The normalized spacial score (nSPS) is 10.1. The summed E-state index contributed by atoms with van der Waals surface area (Å²) in [4.78, 5) is 0. The van der Waals surface area contributed by atoms with Gasteiger partial charge in [0.05, 0.1) is 6.61 Å². The Hall–Kier alpha value is -0.530. The largest absolute Gasteiger partial charge is 0.392 e. The molecule has 0 heterocycles. The molecule has 0 atom stereocenters. The smallest absolute Gasteiger partial charge is 0.0685 e. The molecule has 0 amide bonds. The van der Waals surface area contributed by atoms with Crippen molar-refractivity contribution in [2.75, 3.05) is 0 Å². The summed E-state index contributed by atoms with van der Waals surface area (Å²) in [6, 6.07) is 5.59. The maximum absolute atomic E-state index is 8.92. The van der Waals surface area contributed by atoms with Crippen molar-refractivity contribution in [3.8, 4) is 0 Å². The van der Waals surface area contributed by atoms with Gasteiger partial charge in [-0.05, 0) is 23.6 Å². The summed E-state index contributed by atoms with van der Waals surface area (Å²) in [5.74, 6) is 0. The minimum atomic E-state index is 0.0731. The number of hydrogen-bond donors (Lipinski definition) is 1. The zero-order valence-electron chi connectivity index (χ0n) is 6.47. The number of aliphatic hydroxyl groups excluding tert-OH is 1. The SMILES string of the molecule is CCc1c(Cl)cccc1CO. The Kier molecular flexibility index (Phi) is 2.92. The fourth-order valence-electron chi connectivity index (χ4n) is 1.15. The van der Waals surface area contributed by atoms with Crippen LogP contribution in [0.1, 0.15) is 18.1 Å². The molecule has 0 radical (unpaired) electrons. The third kappa shape index (κ3) is 1.73. The zero-order valence-corrected chi connectivity index (χ0v) is 7.23. The van der Waals surface area contributed by atoms with E-state index in [1.165, 1.54) is 0 Å². The highest BCUT2D eigenvalue weighted by atomic mass is 35.5. The molecule has 0 aliphatic rings. The van der Waals surface area contributed by atoms with Crippen LogP contribution in [0.4, 0.5) is 0 Å². The highest BCUT2D eigenvalue weighted by Gasteiger charge is 2.02. The molecule has 1 aromatic carbocycles. The summed E-state index contributed by atoms with van der Waals surface area (Å²) in [5.41, 5.74) is 1.98. The molecule has 0 aromatic heterocycles. The van der Waals surface area contributed by atoms with Crippen LogP contribution in [0.25, 0.3) is 0 Å². The van der Waals surface area contributed by atoms with E-state index in [4.69, 9.17) is 16.7 Å². The minimum Gasteiger partial charge on any atom is -0.392 e. The molecule has 0 bridgehead atoms. The van der Waals surface area contributed by atoms with Gasteiger partial charge < -0.3 is 5.11 Å². The molecule has 1 rings (SSSR count). The lowest BCUT2D eigenvalue weighted by molar-refractivity contribution is 0.280. The Morgan fingerprint density at radius 1 is 1.45 bits per heavy atom. The Bertz CT molecular complexity index is 245. The molecule has 2 heteroatoms. The van der Waals surface area contributed by atoms with E-state index < -0.39 is 0 Å². The van der Waals surface area contributed by atoms with Gasteiger partial charge in [-0.1, -0.05) is 30.7 Å². The second-order valence-electron chi connectivity index (χ2n) is 2.39. The second-order valence-corrected chi connectivity index (χ2v) is 2.80. The van der Waals surface area contributed by atoms with E-state index >= 15 is 0 Å². The van der Waals surface area contributed by atoms with E-state index in [2.05, 4.69) is 0 Å². The molecule has 0 aliphatic heterocycles. The molecule has 0 fully saturated rings. The van der Waals surface area contributed by atoms with Crippen molar-refractivity contribution >= 4 is 11.6 Å². The third-order valence-electron chi connectivity index (χ3n) is 1.74. The highest BCUT2D eigenvalue weighted by Crippen LogP contribution is 2.20. The van der Waals surface area contributed by atoms with Crippen molar-refractivity contribution in [3.05, 3.63) is 34.3 Å². The highest BCUT2D eigenvalue weighted by molar-refractivity contribution is 6.31. The summed E-state index contributed by atoms with van der Waals surface area (Å²) in [7, 11) is 0. The molecule has 1 aromatic rings. The Morgan fingerprint density at radius 3 is 2.64 bits per heavy atom. The van der Waals surface area contributed by atoms with Gasteiger partial charge in [0.15, 0.2) is 0 Å². The molecule has 0 saturated carbocycles. The average molecular weight is 171 g/mol. The van der Waals surface area contributed by atoms with Gasteiger partial charge in [0.1, 0.15) is 0 Å². The quantitative estimate of drug-likeness (QED) is 0.723. The number of aliphatic hydroxyl groups is 1. The standard InChI is InChI=1S/C9H11ClO/c1-2-8-7(6-11)4-3-5-9(8)10/h3-5,11H,2,6H2,1H3. The van der Waals surface area contributed by atoms with E-state index in [9.17, 15) is 0 Å². The van der Waals surface area contributed by atoms with Crippen LogP contribution < -0.4 is 0 Å². The topological polar surface area (TPSA) is 20.2 Å². The fourth-order valence-corrected chi connectivity index (χ4v) is 1.48. The molecule has 1 N–H and O–H groups in total. The van der Waals surface area contributed by atoms with Crippen molar-refractivity contribution in [1.29, 1.82) is 0 Å². The van der Waals surface area contributed by atoms with Gasteiger partial charge >= 0.3 is 0 Å². The van der Waals surface area contributed by atoms with E-state index in [1.807, 2.05) is 25.1 Å². The predicted molar refractivity (Wildman–Crippen MR) is 46.8 cm³/mol. The Labute approximate surface area is 71.6 Å². The predicted octanol–water partition coefficient (Wildman–Crippen LogP) is 2.39. The lowest BCUT2D eigenvalue weighted by Gasteiger charge is -2.05. The summed E-state index contributed by atoms with van der Waals surface area (Å²) in [6.07, 6.45) is 0.871. The van der Waals surface area contributed by atoms with Gasteiger partial charge in [-0.15, -0.1) is 0 Å². The van der Waals surface area contributed by atoms with Gasteiger partial charge in [-0.2, -0.15) is 0 Å². The number of hydrogen-bond acceptors (Lipinski definition) is 1. The summed E-state index contributed by atoms with van der Waals surface area (Å²) in [5, 5.41) is 9.66. The Balaban J connectivity index is 3.13. The van der Waals surface area contributed by atoms with Crippen LogP contribution in [0.15, 0.2) is 18.2 Å². The maximum Gasteiger partial charge on any atom is 0.0685 e. The number of rotatable bonds is 2. The summed E-state index contributed by atoms with van der Waals surface area (Å²) < 4.78 is 0. The average Bonchev–Trinajstić information content (AvgIpc) is 2.04. The first kappa shape index (κ1) is 8.57.